The molecule has 0 spiro atoms. The highest BCUT2D eigenvalue weighted by atomic mass is 35.5. The van der Waals surface area contributed by atoms with Crippen LogP contribution in [0.1, 0.15) is 26.5 Å². The van der Waals surface area contributed by atoms with E-state index in [1.807, 2.05) is 0 Å². The maximum absolute atomic E-state index is 10.7. The fourth-order valence-corrected chi connectivity index (χ4v) is 1.67. The van der Waals surface area contributed by atoms with Gasteiger partial charge in [-0.2, -0.15) is 0 Å². The SMILES string of the molecule is O=Cc1ccc(OCc2cc(C(=O)O)co2)c(Cl)c1. The molecule has 1 aromatic heterocycles. The number of ether oxygens (including phenoxy) is 1. The average molecular weight is 281 g/mol. The third-order valence-corrected chi connectivity index (χ3v) is 2.66. The second-order valence-corrected chi connectivity index (χ2v) is 4.11. The van der Waals surface area contributed by atoms with E-state index in [0.29, 0.717) is 28.4 Å². The molecule has 0 unspecified atom stereocenters. The number of aromatic carboxylic acids is 1. The Kier molecular flexibility index (Phi) is 3.87. The molecule has 0 aliphatic rings. The Balaban J connectivity index is 2.05. The first kappa shape index (κ1) is 13.2. The second kappa shape index (κ2) is 5.58. The molecule has 2 aromatic rings. The van der Waals surface area contributed by atoms with Gasteiger partial charge in [0.05, 0.1) is 10.6 Å². The third-order valence-electron chi connectivity index (χ3n) is 2.36. The standard InChI is InChI=1S/C13H9ClO5/c14-11-3-8(5-15)1-2-12(11)19-7-10-4-9(6-18-10)13(16)17/h1-6H,7H2,(H,16,17). The molecule has 2 rings (SSSR count). The number of aldehydes is 1. The normalized spacial score (nSPS) is 10.2. The molecule has 0 fully saturated rings. The van der Waals surface area contributed by atoms with Crippen molar-refractivity contribution in [2.45, 2.75) is 6.61 Å². The van der Waals surface area contributed by atoms with Crippen molar-refractivity contribution in [1.29, 1.82) is 0 Å². The summed E-state index contributed by atoms with van der Waals surface area (Å²) < 4.78 is 10.4. The van der Waals surface area contributed by atoms with E-state index in [1.54, 1.807) is 12.1 Å². The molecule has 1 aromatic carbocycles. The number of carboxylic acid groups (broad SMARTS) is 1. The minimum Gasteiger partial charge on any atom is -0.484 e. The molecular weight excluding hydrogens is 272 g/mol. The van der Waals surface area contributed by atoms with E-state index in [0.717, 1.165) is 6.26 Å². The zero-order valence-corrected chi connectivity index (χ0v) is 10.4. The fraction of sp³-hybridized carbons (Fsp3) is 0.0769. The van der Waals surface area contributed by atoms with Crippen LogP contribution in [0.5, 0.6) is 5.75 Å². The van der Waals surface area contributed by atoms with Gasteiger partial charge in [0.2, 0.25) is 0 Å². The molecule has 5 nitrogen and oxygen atoms in total. The molecule has 1 N–H and O–H groups in total. The number of rotatable bonds is 5. The summed E-state index contributed by atoms with van der Waals surface area (Å²) in [4.78, 5) is 21.2. The first-order valence-corrected chi connectivity index (χ1v) is 5.66. The molecule has 19 heavy (non-hydrogen) atoms. The van der Waals surface area contributed by atoms with Crippen LogP contribution in [0.25, 0.3) is 0 Å². The highest BCUT2D eigenvalue weighted by Crippen LogP contribution is 2.26. The Morgan fingerprint density at radius 1 is 1.42 bits per heavy atom. The first-order chi connectivity index (χ1) is 9.10. The van der Waals surface area contributed by atoms with E-state index >= 15 is 0 Å². The zero-order valence-electron chi connectivity index (χ0n) is 9.63. The fourth-order valence-electron chi connectivity index (χ4n) is 1.42. The van der Waals surface area contributed by atoms with Crippen LogP contribution in [0.2, 0.25) is 5.02 Å². The topological polar surface area (TPSA) is 76.7 Å². The van der Waals surface area contributed by atoms with Crippen molar-refractivity contribution in [2.24, 2.45) is 0 Å². The lowest BCUT2D eigenvalue weighted by Gasteiger charge is -2.06. The Bertz CT molecular complexity index is 617. The quantitative estimate of drug-likeness (QED) is 0.852. The van der Waals surface area contributed by atoms with Gasteiger partial charge in [-0.3, -0.25) is 4.79 Å². The maximum Gasteiger partial charge on any atom is 0.338 e. The zero-order chi connectivity index (χ0) is 13.8. The molecule has 0 aliphatic carbocycles. The summed E-state index contributed by atoms with van der Waals surface area (Å²) in [5.41, 5.74) is 0.504. The number of hydrogen-bond donors (Lipinski definition) is 1. The Morgan fingerprint density at radius 3 is 2.79 bits per heavy atom. The van der Waals surface area contributed by atoms with Crippen LogP contribution in [0.3, 0.4) is 0 Å². The van der Waals surface area contributed by atoms with Crippen molar-refractivity contribution >= 4 is 23.9 Å². The number of halogens is 1. The molecular formula is C13H9ClO5. The Hall–Kier alpha value is -2.27. The molecule has 0 aliphatic heterocycles. The van der Waals surface area contributed by atoms with Crippen molar-refractivity contribution in [3.63, 3.8) is 0 Å². The van der Waals surface area contributed by atoms with Gasteiger partial charge < -0.3 is 14.3 Å². The number of carbonyl (C=O) groups excluding carboxylic acids is 1. The van der Waals surface area contributed by atoms with Crippen molar-refractivity contribution < 1.29 is 23.8 Å². The van der Waals surface area contributed by atoms with Crippen LogP contribution in [-0.2, 0) is 6.61 Å². The molecule has 0 radical (unpaired) electrons. The van der Waals surface area contributed by atoms with Crippen molar-refractivity contribution in [2.75, 3.05) is 0 Å². The summed E-state index contributed by atoms with van der Waals surface area (Å²) in [6, 6.07) is 5.98. The van der Waals surface area contributed by atoms with E-state index in [4.69, 9.17) is 25.9 Å². The summed E-state index contributed by atoms with van der Waals surface area (Å²) in [5, 5.41) is 9.03. The lowest BCUT2D eigenvalue weighted by Crippen LogP contribution is -1.96. The van der Waals surface area contributed by atoms with Gasteiger partial charge in [0.1, 0.15) is 30.7 Å². The molecule has 6 heteroatoms. The minimum absolute atomic E-state index is 0.0490. The maximum atomic E-state index is 10.7. The molecule has 0 amide bonds. The number of furan rings is 1. The molecule has 0 bridgehead atoms. The van der Waals surface area contributed by atoms with Gasteiger partial charge in [0.15, 0.2) is 0 Å². The lowest BCUT2D eigenvalue weighted by atomic mass is 10.2. The minimum atomic E-state index is -1.07. The monoisotopic (exact) mass is 280 g/mol. The summed E-state index contributed by atoms with van der Waals surface area (Å²) in [6.45, 7) is 0.0490. The van der Waals surface area contributed by atoms with E-state index in [9.17, 15) is 9.59 Å². The number of carbonyl (C=O) groups is 2. The van der Waals surface area contributed by atoms with Gasteiger partial charge in [0.25, 0.3) is 0 Å². The van der Waals surface area contributed by atoms with Gasteiger partial charge >= 0.3 is 5.97 Å². The summed E-state index contributed by atoms with van der Waals surface area (Å²) >= 11 is 5.92. The Labute approximate surface area is 113 Å². The number of carboxylic acids is 1. The van der Waals surface area contributed by atoms with Gasteiger partial charge in [-0.05, 0) is 24.3 Å². The van der Waals surface area contributed by atoms with Crippen LogP contribution >= 0.6 is 11.6 Å². The van der Waals surface area contributed by atoms with Crippen LogP contribution in [0.15, 0.2) is 34.9 Å². The largest absolute Gasteiger partial charge is 0.484 e. The average Bonchev–Trinajstić information content (AvgIpc) is 2.86. The molecule has 0 atom stereocenters. The Morgan fingerprint density at radius 2 is 2.21 bits per heavy atom. The second-order valence-electron chi connectivity index (χ2n) is 3.70. The molecule has 98 valence electrons. The summed E-state index contributed by atoms with van der Waals surface area (Å²) in [6.07, 6.45) is 1.82. The molecule has 0 saturated heterocycles. The smallest absolute Gasteiger partial charge is 0.338 e. The van der Waals surface area contributed by atoms with Gasteiger partial charge in [-0.1, -0.05) is 11.6 Å². The van der Waals surface area contributed by atoms with E-state index < -0.39 is 5.97 Å². The number of hydrogen-bond acceptors (Lipinski definition) is 4. The number of benzene rings is 1. The molecule has 0 saturated carbocycles. The van der Waals surface area contributed by atoms with E-state index in [-0.39, 0.29) is 12.2 Å². The van der Waals surface area contributed by atoms with Gasteiger partial charge in [-0.25, -0.2) is 4.79 Å². The summed E-state index contributed by atoms with van der Waals surface area (Å²) in [7, 11) is 0. The highest BCUT2D eigenvalue weighted by Gasteiger charge is 2.09. The predicted molar refractivity (Wildman–Crippen MR) is 66.8 cm³/mol. The highest BCUT2D eigenvalue weighted by molar-refractivity contribution is 6.32. The van der Waals surface area contributed by atoms with Crippen molar-refractivity contribution in [3.8, 4) is 5.75 Å². The predicted octanol–water partition coefficient (Wildman–Crippen LogP) is 3.02. The van der Waals surface area contributed by atoms with E-state index in [1.165, 1.54) is 12.1 Å². The van der Waals surface area contributed by atoms with Crippen molar-refractivity contribution in [1.82, 2.24) is 0 Å². The van der Waals surface area contributed by atoms with Gasteiger partial charge in [0, 0.05) is 5.56 Å². The van der Waals surface area contributed by atoms with E-state index in [2.05, 4.69) is 0 Å². The van der Waals surface area contributed by atoms with Gasteiger partial charge in [-0.15, -0.1) is 0 Å². The van der Waals surface area contributed by atoms with Crippen LogP contribution in [-0.4, -0.2) is 17.4 Å². The third kappa shape index (κ3) is 3.14. The van der Waals surface area contributed by atoms with Crippen LogP contribution in [0, 0.1) is 0 Å². The molecule has 1 heterocycles. The van der Waals surface area contributed by atoms with Crippen LogP contribution in [0.4, 0.5) is 0 Å². The van der Waals surface area contributed by atoms with Crippen LogP contribution < -0.4 is 4.74 Å². The summed E-state index contributed by atoms with van der Waals surface area (Å²) in [5.74, 6) is -0.308. The van der Waals surface area contributed by atoms with Crippen molar-refractivity contribution in [3.05, 3.63) is 52.4 Å². The lowest BCUT2D eigenvalue weighted by molar-refractivity contribution is 0.0696. The first-order valence-electron chi connectivity index (χ1n) is 5.28.